The number of ether oxygens (including phenoxy) is 2. The van der Waals surface area contributed by atoms with E-state index in [0.717, 1.165) is 12.1 Å². The van der Waals surface area contributed by atoms with Gasteiger partial charge in [0.05, 0.1) is 14.9 Å². The van der Waals surface area contributed by atoms with Gasteiger partial charge in [-0.2, -0.15) is 0 Å². The third kappa shape index (κ3) is 3.60. The molecule has 0 saturated heterocycles. The van der Waals surface area contributed by atoms with E-state index in [4.69, 9.17) is 21.1 Å². The summed E-state index contributed by atoms with van der Waals surface area (Å²) < 4.78 is 9.81. The first-order chi connectivity index (χ1) is 8.90. The molecule has 0 spiro atoms. The fourth-order valence-corrected chi connectivity index (χ4v) is 1.78. The number of methoxy groups -OCH3 is 2. The van der Waals surface area contributed by atoms with Crippen LogP contribution in [-0.4, -0.2) is 30.4 Å². The van der Waals surface area contributed by atoms with Crippen LogP contribution in [0.2, 0.25) is 5.02 Å². The standard InChI is InChI=1S/C10H11ClN2O6/c1-18-10(19-2)5-7-8(12(14)15)3-6(11)4-9(7)13(16)17/h3-4,10H,5H2,1-2H3. The largest absolute Gasteiger partial charge is 0.356 e. The van der Waals surface area contributed by atoms with Gasteiger partial charge in [-0.25, -0.2) is 0 Å². The van der Waals surface area contributed by atoms with Crippen molar-refractivity contribution in [3.63, 3.8) is 0 Å². The summed E-state index contributed by atoms with van der Waals surface area (Å²) in [6, 6.07) is 2.12. The number of hydrogen-bond acceptors (Lipinski definition) is 6. The average Bonchev–Trinajstić information content (AvgIpc) is 2.36. The van der Waals surface area contributed by atoms with Gasteiger partial charge in [0.2, 0.25) is 0 Å². The molecule has 0 radical (unpaired) electrons. The molecule has 0 heterocycles. The number of halogens is 1. The lowest BCUT2D eigenvalue weighted by Crippen LogP contribution is -2.18. The molecule has 0 N–H and O–H groups in total. The van der Waals surface area contributed by atoms with Gasteiger partial charge in [-0.05, 0) is 0 Å². The van der Waals surface area contributed by atoms with E-state index >= 15 is 0 Å². The highest BCUT2D eigenvalue weighted by atomic mass is 35.5. The average molecular weight is 291 g/mol. The smallest absolute Gasteiger partial charge is 0.281 e. The molecule has 1 aromatic carbocycles. The summed E-state index contributed by atoms with van der Waals surface area (Å²) >= 11 is 5.64. The molecule has 1 aromatic rings. The Kier molecular flexibility index (Phi) is 5.16. The van der Waals surface area contributed by atoms with Crippen LogP contribution in [0.15, 0.2) is 12.1 Å². The second kappa shape index (κ2) is 6.41. The van der Waals surface area contributed by atoms with Gasteiger partial charge in [0.25, 0.3) is 11.4 Å². The number of hydrogen-bond donors (Lipinski definition) is 0. The number of nitrogens with zero attached hydrogens (tertiary/aromatic N) is 2. The van der Waals surface area contributed by atoms with Crippen molar-refractivity contribution in [2.75, 3.05) is 14.2 Å². The summed E-state index contributed by atoms with van der Waals surface area (Å²) in [7, 11) is 2.67. The summed E-state index contributed by atoms with van der Waals surface area (Å²) in [6.45, 7) is 0. The Labute approximate surface area is 113 Å². The third-order valence-electron chi connectivity index (χ3n) is 2.46. The summed E-state index contributed by atoms with van der Waals surface area (Å²) in [5.41, 5.74) is -0.954. The molecule has 0 aliphatic carbocycles. The fourth-order valence-electron chi connectivity index (χ4n) is 1.57. The first-order valence-corrected chi connectivity index (χ1v) is 5.45. The van der Waals surface area contributed by atoms with Crippen LogP contribution in [0.3, 0.4) is 0 Å². The van der Waals surface area contributed by atoms with E-state index in [1.54, 1.807) is 0 Å². The molecule has 0 aromatic heterocycles. The lowest BCUT2D eigenvalue weighted by molar-refractivity contribution is -0.395. The lowest BCUT2D eigenvalue weighted by atomic mass is 10.1. The van der Waals surface area contributed by atoms with Crippen LogP contribution in [-0.2, 0) is 15.9 Å². The van der Waals surface area contributed by atoms with Crippen LogP contribution in [0.25, 0.3) is 0 Å². The number of benzene rings is 1. The predicted octanol–water partition coefficient (Wildman–Crippen LogP) is 2.32. The summed E-state index contributed by atoms with van der Waals surface area (Å²) in [4.78, 5) is 20.4. The van der Waals surface area contributed by atoms with Gasteiger partial charge in [-0.1, -0.05) is 11.6 Å². The predicted molar refractivity (Wildman–Crippen MR) is 66.3 cm³/mol. The van der Waals surface area contributed by atoms with E-state index in [1.165, 1.54) is 14.2 Å². The van der Waals surface area contributed by atoms with Crippen molar-refractivity contribution in [2.24, 2.45) is 0 Å². The van der Waals surface area contributed by atoms with Crippen molar-refractivity contribution in [3.8, 4) is 0 Å². The van der Waals surface area contributed by atoms with Gasteiger partial charge in [0, 0.05) is 32.8 Å². The zero-order chi connectivity index (χ0) is 14.6. The van der Waals surface area contributed by atoms with Crippen LogP contribution < -0.4 is 0 Å². The quantitative estimate of drug-likeness (QED) is 0.452. The topological polar surface area (TPSA) is 105 Å². The zero-order valence-corrected chi connectivity index (χ0v) is 10.9. The Balaban J connectivity index is 3.38. The fraction of sp³-hybridized carbons (Fsp3) is 0.400. The molecule has 0 fully saturated rings. The molecule has 0 amide bonds. The maximum absolute atomic E-state index is 10.9. The highest BCUT2D eigenvalue weighted by Crippen LogP contribution is 2.33. The number of rotatable bonds is 6. The third-order valence-corrected chi connectivity index (χ3v) is 2.68. The molecule has 0 saturated carbocycles. The Morgan fingerprint density at radius 3 is 1.89 bits per heavy atom. The molecule has 0 aliphatic heterocycles. The highest BCUT2D eigenvalue weighted by molar-refractivity contribution is 6.31. The monoisotopic (exact) mass is 290 g/mol. The van der Waals surface area contributed by atoms with Crippen molar-refractivity contribution < 1.29 is 19.3 Å². The van der Waals surface area contributed by atoms with Gasteiger partial charge in [0.1, 0.15) is 5.56 Å². The maximum Gasteiger partial charge on any atom is 0.281 e. The Bertz CT molecular complexity index is 468. The zero-order valence-electron chi connectivity index (χ0n) is 10.2. The minimum Gasteiger partial charge on any atom is -0.356 e. The van der Waals surface area contributed by atoms with Crippen molar-refractivity contribution >= 4 is 23.0 Å². The molecule has 0 unspecified atom stereocenters. The minimum absolute atomic E-state index is 0.0754. The van der Waals surface area contributed by atoms with E-state index in [0.29, 0.717) is 0 Å². The van der Waals surface area contributed by atoms with Crippen molar-refractivity contribution in [1.29, 1.82) is 0 Å². The highest BCUT2D eigenvalue weighted by Gasteiger charge is 2.28. The molecule has 0 bridgehead atoms. The van der Waals surface area contributed by atoms with Crippen molar-refractivity contribution in [2.45, 2.75) is 12.7 Å². The summed E-state index contributed by atoms with van der Waals surface area (Å²) in [5, 5.41) is 21.8. The van der Waals surface area contributed by atoms with E-state index < -0.39 is 27.5 Å². The van der Waals surface area contributed by atoms with Gasteiger partial charge in [-0.15, -0.1) is 0 Å². The van der Waals surface area contributed by atoms with E-state index in [1.807, 2.05) is 0 Å². The van der Waals surface area contributed by atoms with Gasteiger partial charge in [-0.3, -0.25) is 20.2 Å². The second-order valence-corrected chi connectivity index (χ2v) is 3.98. The molecule has 0 atom stereocenters. The molecule has 104 valence electrons. The van der Waals surface area contributed by atoms with Gasteiger partial charge in [0.15, 0.2) is 6.29 Å². The Hall–Kier alpha value is -1.77. The van der Waals surface area contributed by atoms with E-state index in [2.05, 4.69) is 0 Å². The molecular formula is C10H11ClN2O6. The first kappa shape index (κ1) is 15.3. The van der Waals surface area contributed by atoms with Crippen LogP contribution in [0.1, 0.15) is 5.56 Å². The maximum atomic E-state index is 10.9. The molecule has 19 heavy (non-hydrogen) atoms. The van der Waals surface area contributed by atoms with Crippen LogP contribution in [0, 0.1) is 20.2 Å². The van der Waals surface area contributed by atoms with Gasteiger partial charge >= 0.3 is 0 Å². The summed E-state index contributed by atoms with van der Waals surface area (Å²) in [6.07, 6.45) is -0.949. The van der Waals surface area contributed by atoms with Crippen LogP contribution in [0.4, 0.5) is 11.4 Å². The molecule has 1 rings (SSSR count). The number of nitro groups is 2. The van der Waals surface area contributed by atoms with E-state index in [-0.39, 0.29) is 17.0 Å². The SMILES string of the molecule is COC(Cc1c([N+](=O)[O-])cc(Cl)cc1[N+](=O)[O-])OC. The first-order valence-electron chi connectivity index (χ1n) is 5.07. The molecule has 9 heteroatoms. The lowest BCUT2D eigenvalue weighted by Gasteiger charge is -2.13. The number of nitro benzene ring substituents is 2. The minimum atomic E-state index is -0.821. The Morgan fingerprint density at radius 2 is 1.58 bits per heavy atom. The van der Waals surface area contributed by atoms with E-state index in [9.17, 15) is 20.2 Å². The van der Waals surface area contributed by atoms with Crippen LogP contribution >= 0.6 is 11.6 Å². The normalized spacial score (nSPS) is 10.7. The van der Waals surface area contributed by atoms with Crippen LogP contribution in [0.5, 0.6) is 0 Å². The molecular weight excluding hydrogens is 280 g/mol. The van der Waals surface area contributed by atoms with Crippen molar-refractivity contribution in [3.05, 3.63) is 42.9 Å². The van der Waals surface area contributed by atoms with Gasteiger partial charge < -0.3 is 9.47 Å². The summed E-state index contributed by atoms with van der Waals surface area (Å²) in [5.74, 6) is 0. The van der Waals surface area contributed by atoms with Crippen molar-refractivity contribution in [1.82, 2.24) is 0 Å². The Morgan fingerprint density at radius 1 is 1.16 bits per heavy atom. The molecule has 8 nitrogen and oxygen atoms in total. The molecule has 0 aliphatic rings. The second-order valence-electron chi connectivity index (χ2n) is 3.54.